The second kappa shape index (κ2) is 6.95. The van der Waals surface area contributed by atoms with Crippen LogP contribution in [0.2, 0.25) is 0 Å². The Labute approximate surface area is 121 Å². The zero-order valence-electron chi connectivity index (χ0n) is 12.5. The van der Waals surface area contributed by atoms with Crippen LogP contribution in [0.25, 0.3) is 6.08 Å². The Morgan fingerprint density at radius 1 is 1.10 bits per heavy atom. The molecule has 1 nitrogen and oxygen atoms in total. The van der Waals surface area contributed by atoms with Gasteiger partial charge in [0.05, 0.1) is 0 Å². The van der Waals surface area contributed by atoms with Gasteiger partial charge in [-0.2, -0.15) is 0 Å². The number of benzene rings is 2. The summed E-state index contributed by atoms with van der Waals surface area (Å²) in [5, 5.41) is 0. The van der Waals surface area contributed by atoms with E-state index in [-0.39, 0.29) is 0 Å². The standard InChI is InChI=1S/C19H22O/c1-4-9-18-13-17(5-2)19(12-15(18)3)20-14-16-10-7-6-8-11-16/h4,6-13H,5,14H2,1-3H3/b9-4-. The van der Waals surface area contributed by atoms with Gasteiger partial charge in [0.2, 0.25) is 0 Å². The van der Waals surface area contributed by atoms with Crippen LogP contribution in [0.4, 0.5) is 0 Å². The van der Waals surface area contributed by atoms with E-state index in [0.717, 1.165) is 12.2 Å². The van der Waals surface area contributed by atoms with Crippen LogP contribution in [-0.4, -0.2) is 0 Å². The molecule has 2 aromatic rings. The molecule has 0 bridgehead atoms. The molecule has 104 valence electrons. The third-order valence-corrected chi connectivity index (χ3v) is 3.41. The molecule has 0 aliphatic heterocycles. The largest absolute Gasteiger partial charge is 0.489 e. The summed E-state index contributed by atoms with van der Waals surface area (Å²) in [6.45, 7) is 6.96. The Hall–Kier alpha value is -2.02. The van der Waals surface area contributed by atoms with Gasteiger partial charge in [-0.05, 0) is 54.7 Å². The fraction of sp³-hybridized carbons (Fsp3) is 0.263. The van der Waals surface area contributed by atoms with E-state index in [1.165, 1.54) is 22.3 Å². The number of rotatable bonds is 5. The van der Waals surface area contributed by atoms with Crippen LogP contribution in [0.5, 0.6) is 5.75 Å². The van der Waals surface area contributed by atoms with Crippen molar-refractivity contribution >= 4 is 6.08 Å². The summed E-state index contributed by atoms with van der Waals surface area (Å²) in [7, 11) is 0. The van der Waals surface area contributed by atoms with Gasteiger partial charge in [0.25, 0.3) is 0 Å². The van der Waals surface area contributed by atoms with Gasteiger partial charge < -0.3 is 4.74 Å². The van der Waals surface area contributed by atoms with Crippen molar-refractivity contribution in [3.8, 4) is 5.75 Å². The fourth-order valence-corrected chi connectivity index (χ4v) is 2.25. The van der Waals surface area contributed by atoms with Crippen molar-refractivity contribution in [1.29, 1.82) is 0 Å². The van der Waals surface area contributed by atoms with Crippen LogP contribution >= 0.6 is 0 Å². The lowest BCUT2D eigenvalue weighted by Crippen LogP contribution is -1.99. The van der Waals surface area contributed by atoms with Crippen LogP contribution in [0, 0.1) is 6.92 Å². The van der Waals surface area contributed by atoms with Gasteiger partial charge in [0.1, 0.15) is 12.4 Å². The van der Waals surface area contributed by atoms with E-state index in [2.05, 4.69) is 50.3 Å². The first-order valence-electron chi connectivity index (χ1n) is 7.17. The average molecular weight is 266 g/mol. The van der Waals surface area contributed by atoms with Crippen molar-refractivity contribution in [2.75, 3.05) is 0 Å². The van der Waals surface area contributed by atoms with E-state index in [1.807, 2.05) is 25.1 Å². The zero-order chi connectivity index (χ0) is 14.4. The molecule has 0 spiro atoms. The van der Waals surface area contributed by atoms with E-state index in [1.54, 1.807) is 0 Å². The Kier molecular flexibility index (Phi) is 5.00. The van der Waals surface area contributed by atoms with Gasteiger partial charge in [0.15, 0.2) is 0 Å². The highest BCUT2D eigenvalue weighted by atomic mass is 16.5. The minimum atomic E-state index is 0.621. The first kappa shape index (κ1) is 14.4. The molecule has 0 amide bonds. The highest BCUT2D eigenvalue weighted by molar-refractivity contribution is 5.57. The Balaban J connectivity index is 2.21. The van der Waals surface area contributed by atoms with Gasteiger partial charge in [-0.15, -0.1) is 0 Å². The first-order valence-corrected chi connectivity index (χ1v) is 7.17. The predicted octanol–water partition coefficient (Wildman–Crippen LogP) is 5.17. The molecular weight excluding hydrogens is 244 g/mol. The molecule has 0 saturated carbocycles. The van der Waals surface area contributed by atoms with Crippen LogP contribution in [0.1, 0.15) is 36.1 Å². The monoisotopic (exact) mass is 266 g/mol. The summed E-state index contributed by atoms with van der Waals surface area (Å²) in [5.41, 5.74) is 4.99. The molecule has 20 heavy (non-hydrogen) atoms. The normalized spacial score (nSPS) is 10.9. The van der Waals surface area contributed by atoms with Gasteiger partial charge in [-0.25, -0.2) is 0 Å². The van der Waals surface area contributed by atoms with Crippen LogP contribution in [-0.2, 0) is 13.0 Å². The maximum absolute atomic E-state index is 6.00. The van der Waals surface area contributed by atoms with Crippen molar-refractivity contribution in [3.05, 3.63) is 70.8 Å². The van der Waals surface area contributed by atoms with Crippen molar-refractivity contribution in [3.63, 3.8) is 0 Å². The summed E-state index contributed by atoms with van der Waals surface area (Å²) >= 11 is 0. The molecule has 0 aliphatic carbocycles. The van der Waals surface area contributed by atoms with Crippen LogP contribution in [0.15, 0.2) is 48.5 Å². The zero-order valence-corrected chi connectivity index (χ0v) is 12.5. The van der Waals surface area contributed by atoms with Gasteiger partial charge in [-0.1, -0.05) is 49.4 Å². The molecule has 0 aliphatic rings. The first-order chi connectivity index (χ1) is 9.74. The maximum Gasteiger partial charge on any atom is 0.123 e. The molecule has 1 heteroatoms. The third kappa shape index (κ3) is 3.51. The summed E-state index contributed by atoms with van der Waals surface area (Å²) in [5.74, 6) is 1.00. The lowest BCUT2D eigenvalue weighted by molar-refractivity contribution is 0.303. The van der Waals surface area contributed by atoms with E-state index < -0.39 is 0 Å². The lowest BCUT2D eigenvalue weighted by atomic mass is 10.0. The molecule has 0 unspecified atom stereocenters. The highest BCUT2D eigenvalue weighted by Crippen LogP contribution is 2.26. The van der Waals surface area contributed by atoms with E-state index in [9.17, 15) is 0 Å². The van der Waals surface area contributed by atoms with Crippen molar-refractivity contribution in [1.82, 2.24) is 0 Å². The van der Waals surface area contributed by atoms with Gasteiger partial charge >= 0.3 is 0 Å². The van der Waals surface area contributed by atoms with E-state index >= 15 is 0 Å². The number of aryl methyl sites for hydroxylation is 2. The summed E-state index contributed by atoms with van der Waals surface area (Å²) < 4.78 is 6.00. The summed E-state index contributed by atoms with van der Waals surface area (Å²) in [4.78, 5) is 0. The Morgan fingerprint density at radius 2 is 1.85 bits per heavy atom. The predicted molar refractivity (Wildman–Crippen MR) is 86.0 cm³/mol. The molecule has 0 atom stereocenters. The molecule has 0 heterocycles. The smallest absolute Gasteiger partial charge is 0.123 e. The molecule has 2 aromatic carbocycles. The van der Waals surface area contributed by atoms with Gasteiger partial charge in [-0.3, -0.25) is 0 Å². The second-order valence-electron chi connectivity index (χ2n) is 4.94. The number of ether oxygens (including phenoxy) is 1. The lowest BCUT2D eigenvalue weighted by Gasteiger charge is -2.13. The molecular formula is C19H22O. The molecule has 0 radical (unpaired) electrons. The maximum atomic E-state index is 6.00. The minimum absolute atomic E-state index is 0.621. The SMILES string of the molecule is C/C=C\c1cc(CC)c(OCc2ccccc2)cc1C. The van der Waals surface area contributed by atoms with Crippen LogP contribution in [0.3, 0.4) is 0 Å². The van der Waals surface area contributed by atoms with E-state index in [0.29, 0.717) is 6.61 Å². The summed E-state index contributed by atoms with van der Waals surface area (Å²) in [6, 6.07) is 14.7. The number of allylic oxidation sites excluding steroid dienone is 1. The quantitative estimate of drug-likeness (QED) is 0.725. The number of hydrogen-bond acceptors (Lipinski definition) is 1. The van der Waals surface area contributed by atoms with Gasteiger partial charge in [0, 0.05) is 0 Å². The molecule has 0 fully saturated rings. The second-order valence-corrected chi connectivity index (χ2v) is 4.94. The summed E-state index contributed by atoms with van der Waals surface area (Å²) in [6.07, 6.45) is 5.21. The molecule has 0 N–H and O–H groups in total. The van der Waals surface area contributed by atoms with E-state index in [4.69, 9.17) is 4.74 Å². The fourth-order valence-electron chi connectivity index (χ4n) is 2.25. The molecule has 0 aromatic heterocycles. The Morgan fingerprint density at radius 3 is 2.50 bits per heavy atom. The third-order valence-electron chi connectivity index (χ3n) is 3.41. The average Bonchev–Trinajstić information content (AvgIpc) is 2.48. The molecule has 2 rings (SSSR count). The molecule has 0 saturated heterocycles. The number of hydrogen-bond donors (Lipinski definition) is 0. The highest BCUT2D eigenvalue weighted by Gasteiger charge is 2.06. The van der Waals surface area contributed by atoms with Crippen LogP contribution < -0.4 is 4.74 Å². The van der Waals surface area contributed by atoms with Crippen molar-refractivity contribution < 1.29 is 4.74 Å². The Bertz CT molecular complexity index is 582. The topological polar surface area (TPSA) is 9.23 Å². The van der Waals surface area contributed by atoms with Crippen molar-refractivity contribution in [2.45, 2.75) is 33.8 Å². The van der Waals surface area contributed by atoms with Crippen molar-refractivity contribution in [2.24, 2.45) is 0 Å². The minimum Gasteiger partial charge on any atom is -0.489 e.